The van der Waals surface area contributed by atoms with E-state index in [1.165, 1.54) is 0 Å². The van der Waals surface area contributed by atoms with Crippen molar-refractivity contribution < 1.29 is 9.53 Å². The molecule has 90 valence electrons. The Morgan fingerprint density at radius 2 is 1.73 bits per heavy atom. The second-order valence-electron chi connectivity index (χ2n) is 5.20. The summed E-state index contributed by atoms with van der Waals surface area (Å²) in [5.74, 6) is 0. The van der Waals surface area contributed by atoms with Crippen molar-refractivity contribution in [1.29, 1.82) is 0 Å². The zero-order chi connectivity index (χ0) is 12.2. The van der Waals surface area contributed by atoms with Crippen molar-refractivity contribution in [2.75, 3.05) is 27.7 Å². The average Bonchev–Trinajstić information content (AvgIpc) is 1.98. The molecule has 0 radical (unpaired) electrons. The minimum Gasteiger partial charge on any atom is -0.444 e. The molecule has 0 aromatic rings. The van der Waals surface area contributed by atoms with Gasteiger partial charge in [-0.1, -0.05) is 0 Å². The molecule has 0 heterocycles. The standard InChI is InChI=1S/C11H24N2O2/c1-9(8-12(5)6)13(7)10(14)15-11(2,3)4/h9H,8H2,1-7H3/t9-/m0/s1. The first-order chi connectivity index (χ1) is 6.63. The smallest absolute Gasteiger partial charge is 0.410 e. The fourth-order valence-electron chi connectivity index (χ4n) is 1.16. The molecule has 0 aromatic heterocycles. The number of amides is 1. The SMILES string of the molecule is C[C@@H](CN(C)C)N(C)C(=O)OC(C)(C)C. The van der Waals surface area contributed by atoms with Crippen molar-refractivity contribution in [1.82, 2.24) is 9.80 Å². The lowest BCUT2D eigenvalue weighted by molar-refractivity contribution is 0.0217. The van der Waals surface area contributed by atoms with Crippen molar-refractivity contribution in [3.8, 4) is 0 Å². The molecule has 0 aromatic carbocycles. The summed E-state index contributed by atoms with van der Waals surface area (Å²) in [6.07, 6.45) is -0.267. The van der Waals surface area contributed by atoms with Crippen LogP contribution in [0.2, 0.25) is 0 Å². The molecule has 0 aliphatic carbocycles. The summed E-state index contributed by atoms with van der Waals surface area (Å²) in [6, 6.07) is 0.148. The molecule has 0 rings (SSSR count). The molecular weight excluding hydrogens is 192 g/mol. The summed E-state index contributed by atoms with van der Waals surface area (Å²) in [7, 11) is 5.74. The summed E-state index contributed by atoms with van der Waals surface area (Å²) < 4.78 is 5.27. The van der Waals surface area contributed by atoms with Crippen molar-refractivity contribution in [3.63, 3.8) is 0 Å². The Morgan fingerprint density at radius 3 is 2.07 bits per heavy atom. The van der Waals surface area contributed by atoms with E-state index in [1.54, 1.807) is 11.9 Å². The van der Waals surface area contributed by atoms with Crippen LogP contribution in [0.3, 0.4) is 0 Å². The molecule has 0 aliphatic rings. The summed E-state index contributed by atoms with van der Waals surface area (Å²) >= 11 is 0. The largest absolute Gasteiger partial charge is 0.444 e. The Kier molecular flexibility index (Phi) is 5.08. The van der Waals surface area contributed by atoms with Gasteiger partial charge in [0.25, 0.3) is 0 Å². The van der Waals surface area contributed by atoms with Gasteiger partial charge in [-0.2, -0.15) is 0 Å². The number of rotatable bonds is 3. The van der Waals surface area contributed by atoms with Crippen LogP contribution in [0.5, 0.6) is 0 Å². The lowest BCUT2D eigenvalue weighted by Gasteiger charge is -2.30. The highest BCUT2D eigenvalue weighted by Crippen LogP contribution is 2.10. The fraction of sp³-hybridized carbons (Fsp3) is 0.909. The van der Waals surface area contributed by atoms with Crippen LogP contribution in [0.1, 0.15) is 27.7 Å². The molecular formula is C11H24N2O2. The van der Waals surface area contributed by atoms with Crippen LogP contribution in [0.25, 0.3) is 0 Å². The van der Waals surface area contributed by atoms with Gasteiger partial charge in [-0.3, -0.25) is 0 Å². The molecule has 0 aliphatic heterocycles. The number of likely N-dealkylation sites (N-methyl/N-ethyl adjacent to an activating group) is 2. The van der Waals surface area contributed by atoms with Crippen LogP contribution >= 0.6 is 0 Å². The Balaban J connectivity index is 4.20. The molecule has 4 nitrogen and oxygen atoms in total. The highest BCUT2D eigenvalue weighted by molar-refractivity contribution is 5.68. The number of hydrogen-bond donors (Lipinski definition) is 0. The second kappa shape index (κ2) is 5.35. The van der Waals surface area contributed by atoms with E-state index in [-0.39, 0.29) is 12.1 Å². The van der Waals surface area contributed by atoms with Crippen molar-refractivity contribution in [2.24, 2.45) is 0 Å². The molecule has 0 saturated carbocycles. The molecule has 15 heavy (non-hydrogen) atoms. The minimum absolute atomic E-state index is 0.148. The first-order valence-corrected chi connectivity index (χ1v) is 5.24. The van der Waals surface area contributed by atoms with Gasteiger partial charge in [-0.15, -0.1) is 0 Å². The third-order valence-electron chi connectivity index (χ3n) is 1.97. The lowest BCUT2D eigenvalue weighted by atomic mass is 10.2. The summed E-state index contributed by atoms with van der Waals surface area (Å²) in [4.78, 5) is 15.3. The van der Waals surface area contributed by atoms with Gasteiger partial charge in [-0.25, -0.2) is 4.79 Å². The van der Waals surface area contributed by atoms with E-state index in [0.29, 0.717) is 0 Å². The van der Waals surface area contributed by atoms with Gasteiger partial charge in [0.2, 0.25) is 0 Å². The van der Waals surface area contributed by atoms with Gasteiger partial charge in [0, 0.05) is 19.6 Å². The lowest BCUT2D eigenvalue weighted by Crippen LogP contribution is -2.43. The normalized spacial score (nSPS) is 13.9. The van der Waals surface area contributed by atoms with Crippen LogP contribution < -0.4 is 0 Å². The highest BCUT2D eigenvalue weighted by atomic mass is 16.6. The summed E-state index contributed by atoms with van der Waals surface area (Å²) in [6.45, 7) is 8.44. The third-order valence-corrected chi connectivity index (χ3v) is 1.97. The first kappa shape index (κ1) is 14.2. The fourth-order valence-corrected chi connectivity index (χ4v) is 1.16. The van der Waals surface area contributed by atoms with Gasteiger partial charge < -0.3 is 14.5 Å². The monoisotopic (exact) mass is 216 g/mol. The zero-order valence-electron chi connectivity index (χ0n) is 11.0. The van der Waals surface area contributed by atoms with Gasteiger partial charge >= 0.3 is 6.09 Å². The van der Waals surface area contributed by atoms with E-state index in [1.807, 2.05) is 46.7 Å². The number of nitrogens with zero attached hydrogens (tertiary/aromatic N) is 2. The van der Waals surface area contributed by atoms with Crippen LogP contribution in [0.4, 0.5) is 4.79 Å². The predicted octanol–water partition coefficient (Wildman–Crippen LogP) is 1.80. The van der Waals surface area contributed by atoms with E-state index in [9.17, 15) is 4.79 Å². The van der Waals surface area contributed by atoms with Crippen molar-refractivity contribution in [2.45, 2.75) is 39.3 Å². The van der Waals surface area contributed by atoms with E-state index >= 15 is 0 Å². The number of carbonyl (C=O) groups is 1. The van der Waals surface area contributed by atoms with E-state index in [0.717, 1.165) is 6.54 Å². The number of carbonyl (C=O) groups excluding carboxylic acids is 1. The average molecular weight is 216 g/mol. The van der Waals surface area contributed by atoms with E-state index in [4.69, 9.17) is 4.74 Å². The molecule has 0 spiro atoms. The molecule has 0 N–H and O–H groups in total. The molecule has 0 fully saturated rings. The van der Waals surface area contributed by atoms with Crippen molar-refractivity contribution >= 4 is 6.09 Å². The second-order valence-corrected chi connectivity index (χ2v) is 5.20. The Hall–Kier alpha value is -0.770. The Morgan fingerprint density at radius 1 is 1.27 bits per heavy atom. The third kappa shape index (κ3) is 6.33. The predicted molar refractivity (Wildman–Crippen MR) is 62.0 cm³/mol. The molecule has 0 bridgehead atoms. The number of ether oxygens (including phenoxy) is 1. The maximum absolute atomic E-state index is 11.7. The van der Waals surface area contributed by atoms with Crippen LogP contribution in [0, 0.1) is 0 Å². The summed E-state index contributed by atoms with van der Waals surface area (Å²) in [5, 5.41) is 0. The molecule has 1 amide bonds. The first-order valence-electron chi connectivity index (χ1n) is 5.24. The minimum atomic E-state index is -0.427. The van der Waals surface area contributed by atoms with Gasteiger partial charge in [0.1, 0.15) is 5.60 Å². The Bertz CT molecular complexity index is 209. The maximum atomic E-state index is 11.7. The van der Waals surface area contributed by atoms with Gasteiger partial charge in [-0.05, 0) is 41.8 Å². The topological polar surface area (TPSA) is 32.8 Å². The maximum Gasteiger partial charge on any atom is 0.410 e. The Labute approximate surface area is 93.2 Å². The highest BCUT2D eigenvalue weighted by Gasteiger charge is 2.22. The van der Waals surface area contributed by atoms with Crippen LogP contribution in [-0.4, -0.2) is 55.2 Å². The quantitative estimate of drug-likeness (QED) is 0.721. The number of hydrogen-bond acceptors (Lipinski definition) is 3. The molecule has 4 heteroatoms. The zero-order valence-corrected chi connectivity index (χ0v) is 11.0. The van der Waals surface area contributed by atoms with E-state index in [2.05, 4.69) is 0 Å². The molecule has 0 saturated heterocycles. The van der Waals surface area contributed by atoms with Crippen molar-refractivity contribution in [3.05, 3.63) is 0 Å². The van der Waals surface area contributed by atoms with Crippen LogP contribution in [0.15, 0.2) is 0 Å². The van der Waals surface area contributed by atoms with Gasteiger partial charge in [0.15, 0.2) is 0 Å². The van der Waals surface area contributed by atoms with Gasteiger partial charge in [0.05, 0.1) is 0 Å². The molecule has 1 atom stereocenters. The van der Waals surface area contributed by atoms with Crippen LogP contribution in [-0.2, 0) is 4.74 Å². The van der Waals surface area contributed by atoms with E-state index < -0.39 is 5.60 Å². The summed E-state index contributed by atoms with van der Waals surface area (Å²) in [5.41, 5.74) is -0.427. The molecule has 0 unspecified atom stereocenters.